The summed E-state index contributed by atoms with van der Waals surface area (Å²) in [7, 11) is 1.98. The molecular weight excluding hydrogens is 400 g/mol. The number of likely N-dealkylation sites (tertiary alicyclic amines) is 1. The molecule has 2 atom stereocenters. The number of hydrogen-bond acceptors (Lipinski definition) is 3. The zero-order valence-corrected chi connectivity index (χ0v) is 19.1. The Labute approximate surface area is 191 Å². The predicted octanol–water partition coefficient (Wildman–Crippen LogP) is 3.85. The molecule has 0 saturated carbocycles. The average molecular weight is 433 g/mol. The summed E-state index contributed by atoms with van der Waals surface area (Å²) in [4.78, 5) is 29.6. The highest BCUT2D eigenvalue weighted by atomic mass is 16.4. The van der Waals surface area contributed by atoms with E-state index in [-0.39, 0.29) is 11.9 Å². The van der Waals surface area contributed by atoms with Crippen LogP contribution in [0.1, 0.15) is 43.7 Å². The van der Waals surface area contributed by atoms with Crippen LogP contribution < -0.4 is 0 Å². The number of carboxylic acids is 1. The van der Waals surface area contributed by atoms with Crippen molar-refractivity contribution in [2.45, 2.75) is 44.7 Å². The number of amides is 1. The van der Waals surface area contributed by atoms with Crippen molar-refractivity contribution in [1.82, 2.24) is 9.80 Å². The fourth-order valence-corrected chi connectivity index (χ4v) is 4.28. The van der Waals surface area contributed by atoms with Gasteiger partial charge in [-0.3, -0.25) is 9.69 Å². The van der Waals surface area contributed by atoms with E-state index >= 15 is 0 Å². The third kappa shape index (κ3) is 5.77. The molecule has 1 fully saturated rings. The summed E-state index contributed by atoms with van der Waals surface area (Å²) in [5.41, 5.74) is 1.74. The normalized spacial score (nSPS) is 18.5. The molecule has 1 aliphatic heterocycles. The summed E-state index contributed by atoms with van der Waals surface area (Å²) in [6.45, 7) is 5.11. The topological polar surface area (TPSA) is 60.9 Å². The van der Waals surface area contributed by atoms with E-state index in [1.165, 1.54) is 0 Å². The van der Waals surface area contributed by atoms with Gasteiger partial charge in [0.1, 0.15) is 6.04 Å². The van der Waals surface area contributed by atoms with Crippen LogP contribution >= 0.6 is 0 Å². The van der Waals surface area contributed by atoms with Crippen LogP contribution in [0.5, 0.6) is 0 Å². The van der Waals surface area contributed by atoms with E-state index in [1.54, 1.807) is 4.90 Å². The molecule has 1 amide bonds. The Morgan fingerprint density at radius 2 is 1.62 bits per heavy atom. The minimum absolute atomic E-state index is 0.0773. The van der Waals surface area contributed by atoms with Gasteiger partial charge in [0.25, 0.3) is 0 Å². The van der Waals surface area contributed by atoms with Crippen LogP contribution in [0.4, 0.5) is 0 Å². The van der Waals surface area contributed by atoms with Crippen molar-refractivity contribution in [2.75, 3.05) is 20.1 Å². The van der Waals surface area contributed by atoms with Crippen LogP contribution in [-0.4, -0.2) is 59.0 Å². The molecule has 0 unspecified atom stereocenters. The molecule has 0 bridgehead atoms. The molecule has 5 heteroatoms. The van der Waals surface area contributed by atoms with Gasteiger partial charge in [-0.1, -0.05) is 86.4 Å². The highest BCUT2D eigenvalue weighted by Gasteiger charge is 2.40. The second-order valence-electron chi connectivity index (χ2n) is 8.71. The third-order valence-electron chi connectivity index (χ3n) is 6.00. The van der Waals surface area contributed by atoms with E-state index in [0.717, 1.165) is 17.5 Å². The standard InChI is InChI=1S/C27H32N2O3/c1-20(2)11-10-17-28(3)23-16-18-29(24(19-23)27(31)32)26(30)25(21-12-6-4-7-13-21)22-14-8-5-9-15-22/h4-9,12-15,20,23-25H,16-19H2,1-3H3,(H,31,32)/t23-,24-/m0/s1. The number of rotatable bonds is 6. The van der Waals surface area contributed by atoms with Crippen molar-refractivity contribution in [3.05, 3.63) is 71.8 Å². The first-order valence-corrected chi connectivity index (χ1v) is 11.2. The number of hydrogen-bond donors (Lipinski definition) is 1. The fourth-order valence-electron chi connectivity index (χ4n) is 4.28. The van der Waals surface area contributed by atoms with Gasteiger partial charge in [-0.2, -0.15) is 0 Å². The number of carbonyl (C=O) groups is 2. The van der Waals surface area contributed by atoms with Crippen LogP contribution in [-0.2, 0) is 9.59 Å². The smallest absolute Gasteiger partial charge is 0.326 e. The van der Waals surface area contributed by atoms with Gasteiger partial charge < -0.3 is 10.0 Å². The van der Waals surface area contributed by atoms with Gasteiger partial charge in [0.05, 0.1) is 12.5 Å². The Morgan fingerprint density at radius 1 is 1.06 bits per heavy atom. The van der Waals surface area contributed by atoms with Gasteiger partial charge in [-0.05, 0) is 31.0 Å². The van der Waals surface area contributed by atoms with Gasteiger partial charge in [0.2, 0.25) is 5.91 Å². The van der Waals surface area contributed by atoms with Crippen molar-refractivity contribution in [3.63, 3.8) is 0 Å². The lowest BCUT2D eigenvalue weighted by molar-refractivity contribution is -0.153. The van der Waals surface area contributed by atoms with Crippen molar-refractivity contribution in [1.29, 1.82) is 0 Å². The molecule has 0 radical (unpaired) electrons. The Morgan fingerprint density at radius 3 is 2.12 bits per heavy atom. The minimum Gasteiger partial charge on any atom is -0.480 e. The number of piperidine rings is 1. The van der Waals surface area contributed by atoms with Crippen molar-refractivity contribution >= 4 is 11.9 Å². The Bertz CT molecular complexity index is 923. The van der Waals surface area contributed by atoms with Gasteiger partial charge in [0.15, 0.2) is 0 Å². The lowest BCUT2D eigenvalue weighted by Crippen LogP contribution is -2.55. The maximum atomic E-state index is 13.8. The SMILES string of the molecule is CC(C)C#CCN(C)[C@H]1CCN(C(=O)C(c2ccccc2)c2ccccc2)[C@H](C(=O)O)C1. The lowest BCUT2D eigenvalue weighted by Gasteiger charge is -2.41. The molecule has 32 heavy (non-hydrogen) atoms. The summed E-state index contributed by atoms with van der Waals surface area (Å²) in [6, 6.07) is 18.4. The van der Waals surface area contributed by atoms with Gasteiger partial charge in [0, 0.05) is 18.5 Å². The minimum atomic E-state index is -0.954. The van der Waals surface area contributed by atoms with Crippen molar-refractivity contribution in [3.8, 4) is 11.8 Å². The van der Waals surface area contributed by atoms with Crippen molar-refractivity contribution < 1.29 is 14.7 Å². The molecule has 3 rings (SSSR count). The van der Waals surface area contributed by atoms with Gasteiger partial charge in [-0.15, -0.1) is 0 Å². The third-order valence-corrected chi connectivity index (χ3v) is 6.00. The summed E-state index contributed by atoms with van der Waals surface area (Å²) in [5.74, 6) is 5.00. The molecule has 1 heterocycles. The maximum absolute atomic E-state index is 13.8. The van der Waals surface area contributed by atoms with Crippen LogP contribution in [0.3, 0.4) is 0 Å². The highest BCUT2D eigenvalue weighted by molar-refractivity contribution is 5.91. The Kier molecular flexibility index (Phi) is 8.08. The molecule has 0 aromatic heterocycles. The van der Waals surface area contributed by atoms with Gasteiger partial charge in [-0.25, -0.2) is 4.79 Å². The average Bonchev–Trinajstić information content (AvgIpc) is 2.80. The van der Waals surface area contributed by atoms with E-state index < -0.39 is 17.9 Å². The summed E-state index contributed by atoms with van der Waals surface area (Å²) in [5, 5.41) is 9.99. The van der Waals surface area contributed by atoms with E-state index in [1.807, 2.05) is 81.6 Å². The molecule has 0 spiro atoms. The number of benzene rings is 2. The zero-order valence-electron chi connectivity index (χ0n) is 19.1. The lowest BCUT2D eigenvalue weighted by atomic mass is 9.87. The molecule has 1 N–H and O–H groups in total. The molecule has 1 saturated heterocycles. The second kappa shape index (κ2) is 11.0. The number of nitrogens with zero attached hydrogens (tertiary/aromatic N) is 2. The van der Waals surface area contributed by atoms with E-state index in [0.29, 0.717) is 25.4 Å². The largest absolute Gasteiger partial charge is 0.480 e. The van der Waals surface area contributed by atoms with Crippen LogP contribution in [0, 0.1) is 17.8 Å². The first-order valence-electron chi connectivity index (χ1n) is 11.2. The molecule has 5 nitrogen and oxygen atoms in total. The predicted molar refractivity (Wildman–Crippen MR) is 126 cm³/mol. The monoisotopic (exact) mass is 432 g/mol. The van der Waals surface area contributed by atoms with Crippen LogP contribution in [0.15, 0.2) is 60.7 Å². The van der Waals surface area contributed by atoms with Crippen LogP contribution in [0.2, 0.25) is 0 Å². The van der Waals surface area contributed by atoms with Gasteiger partial charge >= 0.3 is 5.97 Å². The first kappa shape index (κ1) is 23.6. The highest BCUT2D eigenvalue weighted by Crippen LogP contribution is 2.31. The van der Waals surface area contributed by atoms with E-state index in [9.17, 15) is 14.7 Å². The van der Waals surface area contributed by atoms with Crippen LogP contribution in [0.25, 0.3) is 0 Å². The quantitative estimate of drug-likeness (QED) is 0.705. The molecule has 1 aliphatic rings. The Hall–Kier alpha value is -3.10. The molecular formula is C27H32N2O3. The number of aliphatic carboxylic acids is 1. The maximum Gasteiger partial charge on any atom is 0.326 e. The van der Waals surface area contributed by atoms with Crippen molar-refractivity contribution in [2.24, 2.45) is 5.92 Å². The van der Waals surface area contributed by atoms with E-state index in [4.69, 9.17) is 0 Å². The molecule has 2 aromatic carbocycles. The van der Waals surface area contributed by atoms with E-state index in [2.05, 4.69) is 16.7 Å². The summed E-state index contributed by atoms with van der Waals surface area (Å²) < 4.78 is 0. The first-order chi connectivity index (χ1) is 15.4. The molecule has 0 aliphatic carbocycles. The number of carbonyl (C=O) groups excluding carboxylic acids is 1. The molecule has 2 aromatic rings. The second-order valence-corrected chi connectivity index (χ2v) is 8.71. The summed E-state index contributed by atoms with van der Waals surface area (Å²) in [6.07, 6.45) is 1.13. The Balaban J connectivity index is 1.83. The number of carboxylic acid groups (broad SMARTS) is 1. The zero-order chi connectivity index (χ0) is 23.1. The summed E-state index contributed by atoms with van der Waals surface area (Å²) >= 11 is 0. The fraction of sp³-hybridized carbons (Fsp3) is 0.407. The molecule has 168 valence electrons.